The first-order valence-electron chi connectivity index (χ1n) is 6.45. The van der Waals surface area contributed by atoms with Gasteiger partial charge in [0.25, 0.3) is 0 Å². The number of halogens is 2. The quantitative estimate of drug-likeness (QED) is 0.802. The third-order valence-corrected chi connectivity index (χ3v) is 3.92. The molecule has 21 heavy (non-hydrogen) atoms. The van der Waals surface area contributed by atoms with Crippen LogP contribution in [0.2, 0.25) is 10.0 Å². The third kappa shape index (κ3) is 2.75. The summed E-state index contributed by atoms with van der Waals surface area (Å²) in [5.74, 6) is 0.775. The number of hydrogen-bond donors (Lipinski definition) is 1. The summed E-state index contributed by atoms with van der Waals surface area (Å²) in [6, 6.07) is 9.41. The standard InChI is InChI=1S/C15H13Cl2N3O/c1-20-12-5-3-2-4-11(12)19-14(20)7-13(21)15-10(17)6-9(16)8-18-15/h2-6,8,13,21H,7H2,1H3. The van der Waals surface area contributed by atoms with Gasteiger partial charge in [-0.25, -0.2) is 4.98 Å². The van der Waals surface area contributed by atoms with Crippen molar-refractivity contribution in [2.75, 3.05) is 0 Å². The Labute approximate surface area is 132 Å². The van der Waals surface area contributed by atoms with Gasteiger partial charge < -0.3 is 9.67 Å². The SMILES string of the molecule is Cn1c(CC(O)c2ncc(Cl)cc2Cl)nc2ccccc21. The molecule has 1 unspecified atom stereocenters. The van der Waals surface area contributed by atoms with Crippen LogP contribution in [0.25, 0.3) is 11.0 Å². The zero-order chi connectivity index (χ0) is 15.0. The fraction of sp³-hybridized carbons (Fsp3) is 0.200. The van der Waals surface area contributed by atoms with Gasteiger partial charge in [-0.05, 0) is 18.2 Å². The number of aliphatic hydroxyl groups is 1. The molecule has 0 aliphatic rings. The monoisotopic (exact) mass is 321 g/mol. The van der Waals surface area contributed by atoms with Gasteiger partial charge >= 0.3 is 0 Å². The van der Waals surface area contributed by atoms with E-state index in [1.54, 1.807) is 6.07 Å². The first-order valence-corrected chi connectivity index (χ1v) is 7.21. The normalized spacial score (nSPS) is 12.8. The highest BCUT2D eigenvalue weighted by atomic mass is 35.5. The summed E-state index contributed by atoms with van der Waals surface area (Å²) in [6.07, 6.45) is 0.978. The number of fused-ring (bicyclic) bond motifs is 1. The maximum Gasteiger partial charge on any atom is 0.112 e. The summed E-state index contributed by atoms with van der Waals surface area (Å²) < 4.78 is 1.96. The van der Waals surface area contributed by atoms with E-state index in [1.807, 2.05) is 35.9 Å². The molecule has 3 aromatic rings. The van der Waals surface area contributed by atoms with Gasteiger partial charge in [-0.2, -0.15) is 0 Å². The van der Waals surface area contributed by atoms with Crippen LogP contribution in [-0.4, -0.2) is 19.6 Å². The summed E-state index contributed by atoms with van der Waals surface area (Å²) in [5, 5.41) is 11.2. The number of pyridine rings is 1. The molecule has 2 aromatic heterocycles. The average Bonchev–Trinajstić information content (AvgIpc) is 2.76. The van der Waals surface area contributed by atoms with Crippen molar-refractivity contribution in [1.82, 2.24) is 14.5 Å². The van der Waals surface area contributed by atoms with Crippen molar-refractivity contribution < 1.29 is 5.11 Å². The van der Waals surface area contributed by atoms with Crippen LogP contribution in [0.15, 0.2) is 36.5 Å². The Morgan fingerprint density at radius 1 is 1.29 bits per heavy atom. The van der Waals surface area contributed by atoms with E-state index in [0.29, 0.717) is 22.2 Å². The molecule has 0 aliphatic carbocycles. The lowest BCUT2D eigenvalue weighted by Crippen LogP contribution is -2.09. The number of aryl methyl sites for hydroxylation is 1. The number of para-hydroxylation sites is 2. The molecule has 0 amide bonds. The lowest BCUT2D eigenvalue weighted by atomic mass is 10.1. The van der Waals surface area contributed by atoms with E-state index >= 15 is 0 Å². The van der Waals surface area contributed by atoms with Crippen LogP contribution in [0.1, 0.15) is 17.6 Å². The van der Waals surface area contributed by atoms with Crippen molar-refractivity contribution in [3.63, 3.8) is 0 Å². The van der Waals surface area contributed by atoms with Gasteiger partial charge in [0.15, 0.2) is 0 Å². The topological polar surface area (TPSA) is 50.9 Å². The van der Waals surface area contributed by atoms with E-state index in [-0.39, 0.29) is 0 Å². The van der Waals surface area contributed by atoms with Gasteiger partial charge in [0.2, 0.25) is 0 Å². The van der Waals surface area contributed by atoms with Crippen LogP contribution >= 0.6 is 23.2 Å². The second kappa shape index (κ2) is 5.64. The summed E-state index contributed by atoms with van der Waals surface area (Å²) in [5.41, 5.74) is 2.33. The van der Waals surface area contributed by atoms with Crippen LogP contribution in [0, 0.1) is 0 Å². The molecule has 0 aliphatic heterocycles. The highest BCUT2D eigenvalue weighted by Crippen LogP contribution is 2.26. The number of aromatic nitrogens is 3. The van der Waals surface area contributed by atoms with E-state index in [9.17, 15) is 5.11 Å². The smallest absolute Gasteiger partial charge is 0.112 e. The van der Waals surface area contributed by atoms with Gasteiger partial charge in [-0.3, -0.25) is 4.98 Å². The molecule has 0 spiro atoms. The van der Waals surface area contributed by atoms with Crippen LogP contribution in [0.3, 0.4) is 0 Å². The summed E-state index contributed by atoms with van der Waals surface area (Å²) in [6.45, 7) is 0. The number of nitrogens with zero attached hydrogens (tertiary/aromatic N) is 3. The minimum Gasteiger partial charge on any atom is -0.386 e. The van der Waals surface area contributed by atoms with Crippen LogP contribution in [0.4, 0.5) is 0 Å². The van der Waals surface area contributed by atoms with E-state index < -0.39 is 6.10 Å². The lowest BCUT2D eigenvalue weighted by molar-refractivity contribution is 0.170. The van der Waals surface area contributed by atoms with Gasteiger partial charge in [0.05, 0.1) is 26.8 Å². The van der Waals surface area contributed by atoms with Gasteiger partial charge in [0.1, 0.15) is 11.9 Å². The van der Waals surface area contributed by atoms with Crippen molar-refractivity contribution in [2.45, 2.75) is 12.5 Å². The molecule has 0 saturated carbocycles. The average molecular weight is 322 g/mol. The molecule has 3 rings (SSSR count). The highest BCUT2D eigenvalue weighted by molar-refractivity contribution is 6.34. The van der Waals surface area contributed by atoms with Gasteiger partial charge in [0, 0.05) is 19.7 Å². The minimum absolute atomic E-state index is 0.333. The second-order valence-corrected chi connectivity index (χ2v) is 5.66. The molecule has 0 fully saturated rings. The first kappa shape index (κ1) is 14.3. The number of benzene rings is 1. The van der Waals surface area contributed by atoms with Crippen molar-refractivity contribution in [3.05, 3.63) is 58.1 Å². The Morgan fingerprint density at radius 3 is 2.76 bits per heavy atom. The van der Waals surface area contributed by atoms with Gasteiger partial charge in [-0.1, -0.05) is 35.3 Å². The van der Waals surface area contributed by atoms with E-state index in [2.05, 4.69) is 9.97 Å². The Kier molecular flexibility index (Phi) is 3.85. The number of hydrogen-bond acceptors (Lipinski definition) is 3. The molecular formula is C15H13Cl2N3O. The molecule has 0 bridgehead atoms. The molecule has 1 atom stereocenters. The zero-order valence-electron chi connectivity index (χ0n) is 11.3. The Bertz CT molecular complexity index is 801. The summed E-state index contributed by atoms with van der Waals surface area (Å²) in [4.78, 5) is 8.64. The Balaban J connectivity index is 1.92. The van der Waals surface area contributed by atoms with Crippen molar-refractivity contribution in [2.24, 2.45) is 7.05 Å². The molecule has 0 saturated heterocycles. The van der Waals surface area contributed by atoms with E-state index in [0.717, 1.165) is 16.9 Å². The number of rotatable bonds is 3. The largest absolute Gasteiger partial charge is 0.386 e. The van der Waals surface area contributed by atoms with E-state index in [1.165, 1.54) is 6.20 Å². The van der Waals surface area contributed by atoms with Crippen LogP contribution in [-0.2, 0) is 13.5 Å². The van der Waals surface area contributed by atoms with Gasteiger partial charge in [-0.15, -0.1) is 0 Å². The molecule has 6 heteroatoms. The zero-order valence-corrected chi connectivity index (χ0v) is 12.8. The molecule has 108 valence electrons. The van der Waals surface area contributed by atoms with Crippen molar-refractivity contribution in [1.29, 1.82) is 0 Å². The fourth-order valence-electron chi connectivity index (χ4n) is 2.32. The maximum absolute atomic E-state index is 10.4. The molecule has 1 aromatic carbocycles. The molecule has 4 nitrogen and oxygen atoms in total. The van der Waals surface area contributed by atoms with E-state index in [4.69, 9.17) is 23.2 Å². The number of aliphatic hydroxyl groups excluding tert-OH is 1. The third-order valence-electron chi connectivity index (χ3n) is 3.41. The van der Waals surface area contributed by atoms with Crippen molar-refractivity contribution >= 4 is 34.2 Å². The lowest BCUT2D eigenvalue weighted by Gasteiger charge is -2.11. The molecule has 0 radical (unpaired) electrons. The fourth-order valence-corrected chi connectivity index (χ4v) is 2.82. The van der Waals surface area contributed by atoms with Crippen LogP contribution in [0.5, 0.6) is 0 Å². The molecule has 2 heterocycles. The first-order chi connectivity index (χ1) is 10.1. The highest BCUT2D eigenvalue weighted by Gasteiger charge is 2.18. The summed E-state index contributed by atoms with van der Waals surface area (Å²) in [7, 11) is 1.92. The molecular weight excluding hydrogens is 309 g/mol. The summed E-state index contributed by atoms with van der Waals surface area (Å²) >= 11 is 11.9. The van der Waals surface area contributed by atoms with Crippen LogP contribution < -0.4 is 0 Å². The predicted octanol–water partition coefficient (Wildman–Crippen LogP) is 3.55. The minimum atomic E-state index is -0.828. The molecule has 1 N–H and O–H groups in total. The Hall–Kier alpha value is -1.62. The predicted molar refractivity (Wildman–Crippen MR) is 83.6 cm³/mol. The van der Waals surface area contributed by atoms with Crippen molar-refractivity contribution in [3.8, 4) is 0 Å². The second-order valence-electron chi connectivity index (χ2n) is 4.82. The maximum atomic E-state index is 10.4. The Morgan fingerprint density at radius 2 is 2.05 bits per heavy atom. The number of imidazole rings is 1.